The van der Waals surface area contributed by atoms with Gasteiger partial charge in [-0.2, -0.15) is 0 Å². The third-order valence-electron chi connectivity index (χ3n) is 3.87. The molecule has 1 aliphatic carbocycles. The predicted octanol–water partition coefficient (Wildman–Crippen LogP) is 2.33. The number of ether oxygens (including phenoxy) is 1. The first-order valence-corrected chi connectivity index (χ1v) is 6.98. The minimum absolute atomic E-state index is 0.592. The van der Waals surface area contributed by atoms with Crippen LogP contribution in [0.3, 0.4) is 0 Å². The van der Waals surface area contributed by atoms with Crippen molar-refractivity contribution in [2.45, 2.75) is 64.0 Å². The molecule has 0 radical (unpaired) electrons. The van der Waals surface area contributed by atoms with Crippen LogP contribution in [-0.2, 0) is 4.74 Å². The van der Waals surface area contributed by atoms with Crippen LogP contribution in [0.4, 0.5) is 0 Å². The normalized spacial score (nSPS) is 29.6. The van der Waals surface area contributed by atoms with Gasteiger partial charge in [0.25, 0.3) is 0 Å². The molecule has 2 N–H and O–H groups in total. The summed E-state index contributed by atoms with van der Waals surface area (Å²) in [4.78, 5) is 0. The molecule has 0 amide bonds. The van der Waals surface area contributed by atoms with Gasteiger partial charge in [0.15, 0.2) is 0 Å². The summed E-state index contributed by atoms with van der Waals surface area (Å²) in [6, 6.07) is 0.592. The topological polar surface area (TPSA) is 41.5 Å². The van der Waals surface area contributed by atoms with Crippen LogP contribution in [0.2, 0.25) is 0 Å². The summed E-state index contributed by atoms with van der Waals surface area (Å²) in [7, 11) is 1.68. The summed E-state index contributed by atoms with van der Waals surface area (Å²) in [5.74, 6) is 0.871. The average Bonchev–Trinajstić information content (AvgIpc) is 2.49. The van der Waals surface area contributed by atoms with E-state index >= 15 is 0 Å². The summed E-state index contributed by atoms with van der Waals surface area (Å²) in [6.45, 7) is 5.53. The molecule has 0 aliphatic heterocycles. The first-order valence-electron chi connectivity index (χ1n) is 6.98. The third-order valence-corrected chi connectivity index (χ3v) is 3.87. The molecule has 0 spiro atoms. The van der Waals surface area contributed by atoms with Crippen molar-refractivity contribution in [2.24, 2.45) is 5.92 Å². The van der Waals surface area contributed by atoms with Gasteiger partial charge in [-0.15, -0.1) is 0 Å². The molecular formula is C14H29NO2. The fourth-order valence-electron chi connectivity index (χ4n) is 2.47. The lowest BCUT2D eigenvalue weighted by molar-refractivity contribution is 0.0223. The van der Waals surface area contributed by atoms with Gasteiger partial charge >= 0.3 is 0 Å². The van der Waals surface area contributed by atoms with E-state index in [0.717, 1.165) is 5.92 Å². The van der Waals surface area contributed by atoms with Crippen molar-refractivity contribution >= 4 is 0 Å². The Kier molecular flexibility index (Phi) is 6.45. The predicted molar refractivity (Wildman–Crippen MR) is 71.2 cm³/mol. The van der Waals surface area contributed by atoms with E-state index < -0.39 is 5.60 Å². The maximum absolute atomic E-state index is 10.2. The molecule has 0 saturated heterocycles. The highest BCUT2D eigenvalue weighted by molar-refractivity contribution is 4.80. The Balaban J connectivity index is 2.24. The van der Waals surface area contributed by atoms with E-state index in [0.29, 0.717) is 25.6 Å². The smallest absolute Gasteiger partial charge is 0.0765 e. The Bertz CT molecular complexity index is 206. The Morgan fingerprint density at radius 2 is 2.06 bits per heavy atom. The first-order chi connectivity index (χ1) is 8.03. The third kappa shape index (κ3) is 6.39. The van der Waals surface area contributed by atoms with Crippen LogP contribution in [0, 0.1) is 5.92 Å². The average molecular weight is 243 g/mol. The second-order valence-corrected chi connectivity index (χ2v) is 5.93. The largest absolute Gasteiger partial charge is 0.389 e. The fraction of sp³-hybridized carbons (Fsp3) is 1.00. The summed E-state index contributed by atoms with van der Waals surface area (Å²) in [5, 5.41) is 13.7. The van der Waals surface area contributed by atoms with E-state index in [1.807, 2.05) is 6.92 Å². The van der Waals surface area contributed by atoms with Crippen molar-refractivity contribution in [3.63, 3.8) is 0 Å². The van der Waals surface area contributed by atoms with E-state index in [9.17, 15) is 5.11 Å². The molecule has 3 nitrogen and oxygen atoms in total. The SMILES string of the molecule is COCCC(C)(O)CNC1CCCC(C)CC1. The van der Waals surface area contributed by atoms with E-state index in [1.165, 1.54) is 32.1 Å². The van der Waals surface area contributed by atoms with Gasteiger partial charge in [-0.3, -0.25) is 0 Å². The maximum atomic E-state index is 10.2. The van der Waals surface area contributed by atoms with Gasteiger partial charge in [0.05, 0.1) is 5.60 Å². The molecule has 3 atom stereocenters. The van der Waals surface area contributed by atoms with Gasteiger partial charge < -0.3 is 15.2 Å². The molecule has 3 unspecified atom stereocenters. The lowest BCUT2D eigenvalue weighted by atomic mass is 10.0. The fourth-order valence-corrected chi connectivity index (χ4v) is 2.47. The Morgan fingerprint density at radius 1 is 1.29 bits per heavy atom. The molecular weight excluding hydrogens is 214 g/mol. The molecule has 17 heavy (non-hydrogen) atoms. The minimum Gasteiger partial charge on any atom is -0.389 e. The summed E-state index contributed by atoms with van der Waals surface area (Å²) < 4.78 is 5.02. The Hall–Kier alpha value is -0.120. The van der Waals surface area contributed by atoms with E-state index in [-0.39, 0.29) is 0 Å². The maximum Gasteiger partial charge on any atom is 0.0765 e. The molecule has 1 aliphatic rings. The highest BCUT2D eigenvalue weighted by Gasteiger charge is 2.22. The number of nitrogens with one attached hydrogen (secondary N) is 1. The molecule has 1 rings (SSSR count). The van der Waals surface area contributed by atoms with Crippen molar-refractivity contribution in [3.05, 3.63) is 0 Å². The highest BCUT2D eigenvalue weighted by atomic mass is 16.5. The second-order valence-electron chi connectivity index (χ2n) is 5.93. The van der Waals surface area contributed by atoms with E-state index in [2.05, 4.69) is 12.2 Å². The first kappa shape index (κ1) is 14.9. The molecule has 1 saturated carbocycles. The monoisotopic (exact) mass is 243 g/mol. The summed E-state index contributed by atoms with van der Waals surface area (Å²) in [5.41, 5.74) is -0.645. The molecule has 0 heterocycles. The number of methoxy groups -OCH3 is 1. The number of hydrogen-bond acceptors (Lipinski definition) is 3. The van der Waals surface area contributed by atoms with Crippen LogP contribution in [0.5, 0.6) is 0 Å². The van der Waals surface area contributed by atoms with Crippen LogP contribution < -0.4 is 5.32 Å². The van der Waals surface area contributed by atoms with Crippen LogP contribution in [-0.4, -0.2) is 37.0 Å². The van der Waals surface area contributed by atoms with Gasteiger partial charge in [-0.1, -0.05) is 19.8 Å². The van der Waals surface area contributed by atoms with Crippen LogP contribution in [0.15, 0.2) is 0 Å². The number of aliphatic hydroxyl groups is 1. The lowest BCUT2D eigenvalue weighted by Crippen LogP contribution is -2.43. The van der Waals surface area contributed by atoms with Crippen molar-refractivity contribution in [1.82, 2.24) is 5.32 Å². The van der Waals surface area contributed by atoms with Gasteiger partial charge in [0.1, 0.15) is 0 Å². The molecule has 1 fully saturated rings. The van der Waals surface area contributed by atoms with Crippen molar-refractivity contribution < 1.29 is 9.84 Å². The zero-order valence-corrected chi connectivity index (χ0v) is 11.7. The van der Waals surface area contributed by atoms with Gasteiger partial charge in [-0.05, 0) is 32.1 Å². The molecule has 0 aromatic carbocycles. The zero-order chi connectivity index (χ0) is 12.7. The zero-order valence-electron chi connectivity index (χ0n) is 11.7. The molecule has 102 valence electrons. The lowest BCUT2D eigenvalue weighted by Gasteiger charge is -2.26. The van der Waals surface area contributed by atoms with E-state index in [4.69, 9.17) is 4.74 Å². The number of rotatable bonds is 6. The molecule has 0 aromatic heterocycles. The molecule has 0 aromatic rings. The highest BCUT2D eigenvalue weighted by Crippen LogP contribution is 2.23. The standard InChI is InChI=1S/C14H29NO2/c1-12-5-4-6-13(8-7-12)15-11-14(2,16)9-10-17-3/h12-13,15-16H,4-11H2,1-3H3. The quantitative estimate of drug-likeness (QED) is 0.704. The van der Waals surface area contributed by atoms with Gasteiger partial charge in [0.2, 0.25) is 0 Å². The Morgan fingerprint density at radius 3 is 2.76 bits per heavy atom. The summed E-state index contributed by atoms with van der Waals surface area (Å²) >= 11 is 0. The van der Waals surface area contributed by atoms with E-state index in [1.54, 1.807) is 7.11 Å². The molecule has 0 bridgehead atoms. The molecule has 3 heteroatoms. The van der Waals surface area contributed by atoms with Crippen molar-refractivity contribution in [3.8, 4) is 0 Å². The Labute approximate surface area is 106 Å². The van der Waals surface area contributed by atoms with Gasteiger partial charge in [0, 0.05) is 32.7 Å². The second kappa shape index (κ2) is 7.34. The number of hydrogen-bond donors (Lipinski definition) is 2. The summed E-state index contributed by atoms with van der Waals surface area (Å²) in [6.07, 6.45) is 7.20. The van der Waals surface area contributed by atoms with Gasteiger partial charge in [-0.25, -0.2) is 0 Å². The van der Waals surface area contributed by atoms with Crippen LogP contribution in [0.25, 0.3) is 0 Å². The van der Waals surface area contributed by atoms with Crippen LogP contribution in [0.1, 0.15) is 52.4 Å². The van der Waals surface area contributed by atoms with Crippen molar-refractivity contribution in [2.75, 3.05) is 20.3 Å². The van der Waals surface area contributed by atoms with Crippen molar-refractivity contribution in [1.29, 1.82) is 0 Å². The minimum atomic E-state index is -0.645. The van der Waals surface area contributed by atoms with Crippen LogP contribution >= 0.6 is 0 Å².